The number of rotatable bonds is 6. The molecule has 1 saturated carbocycles. The molecule has 3 heteroatoms. The molecular formula is C15H21F2N. The average molecular weight is 253 g/mol. The van der Waals surface area contributed by atoms with Gasteiger partial charge in [-0.05, 0) is 43.0 Å². The minimum Gasteiger partial charge on any atom is -0.310 e. The maximum absolute atomic E-state index is 13.3. The number of hydrogen-bond acceptors (Lipinski definition) is 1. The van der Waals surface area contributed by atoms with Crippen LogP contribution in [0.2, 0.25) is 0 Å². The molecule has 1 fully saturated rings. The van der Waals surface area contributed by atoms with Crippen molar-refractivity contribution in [2.24, 2.45) is 5.92 Å². The Hall–Kier alpha value is -0.960. The molecule has 0 spiro atoms. The zero-order chi connectivity index (χ0) is 13.0. The number of nitrogens with one attached hydrogen (secondary N) is 1. The highest BCUT2D eigenvalue weighted by molar-refractivity contribution is 5.21. The molecule has 0 radical (unpaired) electrons. The van der Waals surface area contributed by atoms with Gasteiger partial charge in [-0.15, -0.1) is 0 Å². The van der Waals surface area contributed by atoms with Crippen molar-refractivity contribution in [1.29, 1.82) is 0 Å². The molecule has 1 nitrogen and oxygen atoms in total. The average Bonchev–Trinajstić information content (AvgIpc) is 2.25. The van der Waals surface area contributed by atoms with Gasteiger partial charge in [0.15, 0.2) is 0 Å². The lowest BCUT2D eigenvalue weighted by molar-refractivity contribution is 0.260. The highest BCUT2D eigenvalue weighted by Gasteiger charge is 2.23. The van der Waals surface area contributed by atoms with Crippen molar-refractivity contribution in [1.82, 2.24) is 5.32 Å². The summed E-state index contributed by atoms with van der Waals surface area (Å²) in [7, 11) is 0. The Bertz CT molecular complexity index is 368. The second-order valence-electron chi connectivity index (χ2n) is 5.24. The van der Waals surface area contributed by atoms with Crippen molar-refractivity contribution in [2.45, 2.75) is 45.1 Å². The zero-order valence-electron chi connectivity index (χ0n) is 10.9. The van der Waals surface area contributed by atoms with Gasteiger partial charge in [-0.3, -0.25) is 0 Å². The molecule has 0 bridgehead atoms. The van der Waals surface area contributed by atoms with Crippen LogP contribution in [0.4, 0.5) is 8.78 Å². The van der Waals surface area contributed by atoms with Crippen molar-refractivity contribution in [3.63, 3.8) is 0 Å². The van der Waals surface area contributed by atoms with E-state index in [0.29, 0.717) is 5.92 Å². The molecule has 18 heavy (non-hydrogen) atoms. The van der Waals surface area contributed by atoms with E-state index < -0.39 is 11.6 Å². The van der Waals surface area contributed by atoms with Gasteiger partial charge in [-0.1, -0.05) is 26.2 Å². The molecule has 0 aromatic heterocycles. The molecule has 1 aromatic carbocycles. The Labute approximate surface area is 108 Å². The summed E-state index contributed by atoms with van der Waals surface area (Å²) in [5.41, 5.74) is 0.743. The minimum atomic E-state index is -0.484. The van der Waals surface area contributed by atoms with Crippen LogP contribution >= 0.6 is 0 Å². The molecule has 2 rings (SSSR count). The van der Waals surface area contributed by atoms with E-state index in [1.54, 1.807) is 0 Å². The normalized spacial score (nSPS) is 17.5. The van der Waals surface area contributed by atoms with Crippen LogP contribution in [0.1, 0.15) is 50.6 Å². The number of halogens is 2. The van der Waals surface area contributed by atoms with Crippen molar-refractivity contribution in [3.05, 3.63) is 35.4 Å². The summed E-state index contributed by atoms with van der Waals surface area (Å²) in [5, 5.41) is 3.41. The van der Waals surface area contributed by atoms with Crippen molar-refractivity contribution in [2.75, 3.05) is 6.54 Å². The molecule has 0 aliphatic heterocycles. The highest BCUT2D eigenvalue weighted by atomic mass is 19.1. The van der Waals surface area contributed by atoms with E-state index in [9.17, 15) is 8.78 Å². The maximum Gasteiger partial charge on any atom is 0.126 e. The van der Waals surface area contributed by atoms with E-state index in [1.807, 2.05) is 0 Å². The fraction of sp³-hybridized carbons (Fsp3) is 0.600. The molecule has 100 valence electrons. The van der Waals surface area contributed by atoms with E-state index in [-0.39, 0.29) is 6.04 Å². The third-order valence-corrected chi connectivity index (χ3v) is 3.72. The van der Waals surface area contributed by atoms with Crippen LogP contribution in [0, 0.1) is 17.6 Å². The molecular weight excluding hydrogens is 232 g/mol. The van der Waals surface area contributed by atoms with Crippen LogP contribution in [0.5, 0.6) is 0 Å². The van der Waals surface area contributed by atoms with Crippen molar-refractivity contribution >= 4 is 0 Å². The first-order valence-electron chi connectivity index (χ1n) is 6.88. The van der Waals surface area contributed by atoms with Gasteiger partial charge in [0.1, 0.15) is 11.6 Å². The first kappa shape index (κ1) is 13.5. The lowest BCUT2D eigenvalue weighted by Crippen LogP contribution is -2.26. The second kappa shape index (κ2) is 6.28. The van der Waals surface area contributed by atoms with Gasteiger partial charge in [-0.2, -0.15) is 0 Å². The monoisotopic (exact) mass is 253 g/mol. The predicted molar refractivity (Wildman–Crippen MR) is 69.4 cm³/mol. The van der Waals surface area contributed by atoms with Crippen LogP contribution in [0.3, 0.4) is 0 Å². The van der Waals surface area contributed by atoms with E-state index >= 15 is 0 Å². The third-order valence-electron chi connectivity index (χ3n) is 3.72. The van der Waals surface area contributed by atoms with Crippen molar-refractivity contribution < 1.29 is 8.78 Å². The molecule has 1 unspecified atom stereocenters. The lowest BCUT2D eigenvalue weighted by Gasteiger charge is -2.30. The van der Waals surface area contributed by atoms with Crippen molar-refractivity contribution in [3.8, 4) is 0 Å². The van der Waals surface area contributed by atoms with Gasteiger partial charge in [0, 0.05) is 12.1 Å². The number of hydrogen-bond donors (Lipinski definition) is 1. The van der Waals surface area contributed by atoms with Gasteiger partial charge in [0.2, 0.25) is 0 Å². The fourth-order valence-electron chi connectivity index (χ4n) is 2.49. The summed E-state index contributed by atoms with van der Waals surface area (Å²) in [6.07, 6.45) is 5.81. The Morgan fingerprint density at radius 1 is 1.22 bits per heavy atom. The molecule has 1 N–H and O–H groups in total. The lowest BCUT2D eigenvalue weighted by atomic mass is 9.79. The second-order valence-corrected chi connectivity index (χ2v) is 5.24. The molecule has 1 aliphatic carbocycles. The molecule has 0 saturated heterocycles. The van der Waals surface area contributed by atoms with Gasteiger partial charge in [-0.25, -0.2) is 8.78 Å². The SMILES string of the molecule is CCCNC(CC1CCC1)c1cc(F)cc(F)c1. The van der Waals surface area contributed by atoms with Gasteiger partial charge in [0.05, 0.1) is 0 Å². The standard InChI is InChI=1S/C15H21F2N/c1-2-6-18-15(7-11-4-3-5-11)12-8-13(16)10-14(17)9-12/h8-11,15,18H,2-7H2,1H3. The molecule has 0 amide bonds. The summed E-state index contributed by atoms with van der Waals surface area (Å²) in [6, 6.07) is 3.92. The van der Waals surface area contributed by atoms with Gasteiger partial charge < -0.3 is 5.32 Å². The highest BCUT2D eigenvalue weighted by Crippen LogP contribution is 2.35. The fourth-order valence-corrected chi connectivity index (χ4v) is 2.49. The van der Waals surface area contributed by atoms with Crippen LogP contribution in [-0.4, -0.2) is 6.54 Å². The smallest absolute Gasteiger partial charge is 0.126 e. The summed E-state index contributed by atoms with van der Waals surface area (Å²) in [5.74, 6) is -0.255. The molecule has 1 aromatic rings. The summed E-state index contributed by atoms with van der Waals surface area (Å²) in [6.45, 7) is 2.98. The van der Waals surface area contributed by atoms with Gasteiger partial charge >= 0.3 is 0 Å². The largest absolute Gasteiger partial charge is 0.310 e. The van der Waals surface area contributed by atoms with Crippen LogP contribution in [-0.2, 0) is 0 Å². The Balaban J connectivity index is 2.09. The van der Waals surface area contributed by atoms with Crippen LogP contribution in [0.25, 0.3) is 0 Å². The quantitative estimate of drug-likeness (QED) is 0.801. The molecule has 0 heterocycles. The zero-order valence-corrected chi connectivity index (χ0v) is 10.9. The summed E-state index contributed by atoms with van der Waals surface area (Å²) < 4.78 is 26.6. The topological polar surface area (TPSA) is 12.0 Å². The first-order valence-corrected chi connectivity index (χ1v) is 6.88. The van der Waals surface area contributed by atoms with Crippen LogP contribution < -0.4 is 5.32 Å². The maximum atomic E-state index is 13.3. The Morgan fingerprint density at radius 3 is 2.39 bits per heavy atom. The first-order chi connectivity index (χ1) is 8.69. The third kappa shape index (κ3) is 3.52. The Morgan fingerprint density at radius 2 is 1.89 bits per heavy atom. The Kier molecular flexibility index (Phi) is 4.70. The number of benzene rings is 1. The summed E-state index contributed by atoms with van der Waals surface area (Å²) >= 11 is 0. The van der Waals surface area contributed by atoms with E-state index in [4.69, 9.17) is 0 Å². The van der Waals surface area contributed by atoms with E-state index in [1.165, 1.54) is 31.4 Å². The van der Waals surface area contributed by atoms with Gasteiger partial charge in [0.25, 0.3) is 0 Å². The van der Waals surface area contributed by atoms with E-state index in [2.05, 4.69) is 12.2 Å². The molecule has 1 aliphatic rings. The predicted octanol–water partition coefficient (Wildman–Crippen LogP) is 4.20. The van der Waals surface area contributed by atoms with E-state index in [0.717, 1.165) is 31.0 Å². The minimum absolute atomic E-state index is 0.0837. The summed E-state index contributed by atoms with van der Waals surface area (Å²) in [4.78, 5) is 0. The van der Waals surface area contributed by atoms with Crippen LogP contribution in [0.15, 0.2) is 18.2 Å². The molecule has 1 atom stereocenters.